The third kappa shape index (κ3) is 3.12. The number of Topliss-reactive ketones (excluding diaryl/α,β-unsaturated/α-hetero) is 1. The Hall–Kier alpha value is -1.42. The monoisotopic (exact) mass is 276 g/mol. The van der Waals surface area contributed by atoms with E-state index in [0.29, 0.717) is 5.56 Å². The van der Waals surface area contributed by atoms with E-state index in [4.69, 9.17) is 5.11 Å². The van der Waals surface area contributed by atoms with Gasteiger partial charge in [-0.05, 0) is 30.5 Å². The first kappa shape index (κ1) is 14.0. The summed E-state index contributed by atoms with van der Waals surface area (Å²) >= 11 is 0. The molecule has 0 aromatic heterocycles. The van der Waals surface area contributed by atoms with Crippen molar-refractivity contribution in [3.8, 4) is 0 Å². The van der Waals surface area contributed by atoms with Gasteiger partial charge in [0.05, 0.1) is 5.56 Å². The maximum Gasteiger partial charge on any atom is 0.335 e. The minimum atomic E-state index is -1.13. The smallest absolute Gasteiger partial charge is 0.335 e. The molecule has 1 aliphatic rings. The molecule has 0 amide bonds. The fourth-order valence-electron chi connectivity index (χ4n) is 2.54. The summed E-state index contributed by atoms with van der Waals surface area (Å²) in [6.07, 6.45) is 1.71. The number of hydrogen-bond donors (Lipinski definition) is 1. The summed E-state index contributed by atoms with van der Waals surface area (Å²) in [5, 5.41) is 8.97. The van der Waals surface area contributed by atoms with E-state index >= 15 is 0 Å². The summed E-state index contributed by atoms with van der Waals surface area (Å²) in [7, 11) is -1.13. The molecule has 1 aromatic rings. The zero-order valence-electron chi connectivity index (χ0n) is 11.7. The van der Waals surface area contributed by atoms with Gasteiger partial charge in [0.1, 0.15) is 0 Å². The van der Waals surface area contributed by atoms with Crippen molar-refractivity contribution in [3.05, 3.63) is 34.9 Å². The van der Waals surface area contributed by atoms with Crippen molar-refractivity contribution in [3.63, 3.8) is 0 Å². The molecule has 102 valence electrons. The highest BCUT2D eigenvalue weighted by Crippen LogP contribution is 2.32. The van der Waals surface area contributed by atoms with Crippen LogP contribution in [0.4, 0.5) is 0 Å². The van der Waals surface area contributed by atoms with Crippen molar-refractivity contribution in [1.29, 1.82) is 0 Å². The van der Waals surface area contributed by atoms with Gasteiger partial charge in [0.15, 0.2) is 5.78 Å². The summed E-state index contributed by atoms with van der Waals surface area (Å²) in [5.74, 6) is -0.775. The second-order valence-corrected chi connectivity index (χ2v) is 12.2. The zero-order chi connectivity index (χ0) is 14.2. The molecule has 4 heteroatoms. The molecule has 0 saturated carbocycles. The van der Waals surface area contributed by atoms with Gasteiger partial charge in [-0.15, -0.1) is 0 Å². The van der Waals surface area contributed by atoms with Crippen LogP contribution in [-0.2, 0) is 6.42 Å². The Balaban J connectivity index is 2.15. The zero-order valence-corrected chi connectivity index (χ0v) is 12.7. The second-order valence-electron chi connectivity index (χ2n) is 6.54. The molecule has 0 radical (unpaired) electrons. The number of carboxylic acid groups (broad SMARTS) is 1. The molecule has 0 saturated heterocycles. The maximum absolute atomic E-state index is 12.3. The van der Waals surface area contributed by atoms with Crippen LogP contribution in [0.25, 0.3) is 0 Å². The molecule has 0 spiro atoms. The fraction of sp³-hybridized carbons (Fsp3) is 0.467. The van der Waals surface area contributed by atoms with Gasteiger partial charge in [0.25, 0.3) is 0 Å². The van der Waals surface area contributed by atoms with Crippen LogP contribution in [0.3, 0.4) is 0 Å². The number of carboxylic acids is 1. The van der Waals surface area contributed by atoms with Crippen molar-refractivity contribution in [1.82, 2.24) is 0 Å². The molecule has 1 N–H and O–H groups in total. The Morgan fingerprint density at radius 3 is 2.63 bits per heavy atom. The van der Waals surface area contributed by atoms with Crippen molar-refractivity contribution in [2.45, 2.75) is 38.5 Å². The summed E-state index contributed by atoms with van der Waals surface area (Å²) in [5.41, 5.74) is 1.84. The highest BCUT2D eigenvalue weighted by atomic mass is 28.3. The van der Waals surface area contributed by atoms with Gasteiger partial charge in [-0.2, -0.15) is 0 Å². The number of aromatic carboxylic acids is 1. The summed E-state index contributed by atoms with van der Waals surface area (Å²) < 4.78 is 0. The molecule has 1 unspecified atom stereocenters. The van der Waals surface area contributed by atoms with Crippen molar-refractivity contribution >= 4 is 19.8 Å². The average Bonchev–Trinajstić information content (AvgIpc) is 2.62. The number of carbonyl (C=O) groups excluding carboxylic acids is 1. The number of hydrogen-bond acceptors (Lipinski definition) is 2. The molecule has 1 aliphatic carbocycles. The van der Waals surface area contributed by atoms with Crippen LogP contribution in [-0.4, -0.2) is 24.9 Å². The largest absolute Gasteiger partial charge is 0.478 e. The van der Waals surface area contributed by atoms with E-state index in [1.807, 2.05) is 0 Å². The van der Waals surface area contributed by atoms with Crippen molar-refractivity contribution in [2.75, 3.05) is 0 Å². The van der Waals surface area contributed by atoms with E-state index in [0.717, 1.165) is 24.4 Å². The quantitative estimate of drug-likeness (QED) is 0.857. The number of rotatable bonds is 4. The predicted octanol–water partition coefficient (Wildman–Crippen LogP) is 3.47. The minimum Gasteiger partial charge on any atom is -0.478 e. The third-order valence-electron chi connectivity index (χ3n) is 3.70. The van der Waals surface area contributed by atoms with E-state index in [-0.39, 0.29) is 17.3 Å². The summed E-state index contributed by atoms with van der Waals surface area (Å²) in [4.78, 5) is 23.3. The first-order chi connectivity index (χ1) is 8.78. The standard InChI is InChI=1S/C15H20O3Si/c1-19(2,3)7-6-11-8-10-4-5-12(15(17)18)9-13(10)14(11)16/h4-5,9,11H,6-8H2,1-3H3,(H,17,18). The molecule has 0 heterocycles. The van der Waals surface area contributed by atoms with Gasteiger partial charge in [-0.3, -0.25) is 4.79 Å². The molecule has 1 aromatic carbocycles. The molecule has 3 nitrogen and oxygen atoms in total. The Morgan fingerprint density at radius 2 is 2.05 bits per heavy atom. The van der Waals surface area contributed by atoms with Crippen LogP contribution in [0.5, 0.6) is 0 Å². The number of benzene rings is 1. The van der Waals surface area contributed by atoms with E-state index < -0.39 is 14.0 Å². The molecule has 2 rings (SSSR count). The normalized spacial score (nSPS) is 18.5. The van der Waals surface area contributed by atoms with Crippen LogP contribution in [0, 0.1) is 5.92 Å². The van der Waals surface area contributed by atoms with E-state index in [2.05, 4.69) is 19.6 Å². The van der Waals surface area contributed by atoms with Crippen LogP contribution < -0.4 is 0 Å². The fourth-order valence-corrected chi connectivity index (χ4v) is 3.75. The van der Waals surface area contributed by atoms with E-state index in [9.17, 15) is 9.59 Å². The minimum absolute atomic E-state index is 0.0609. The number of carbonyl (C=O) groups is 2. The van der Waals surface area contributed by atoms with Gasteiger partial charge < -0.3 is 5.11 Å². The second kappa shape index (κ2) is 4.93. The lowest BCUT2D eigenvalue weighted by Crippen LogP contribution is -2.22. The highest BCUT2D eigenvalue weighted by Gasteiger charge is 2.31. The lowest BCUT2D eigenvalue weighted by molar-refractivity contribution is 0.0697. The third-order valence-corrected chi connectivity index (χ3v) is 5.49. The molecule has 0 aliphatic heterocycles. The number of fused-ring (bicyclic) bond motifs is 1. The lowest BCUT2D eigenvalue weighted by Gasteiger charge is -2.17. The van der Waals surface area contributed by atoms with Crippen LogP contribution in [0.1, 0.15) is 32.7 Å². The molecular weight excluding hydrogens is 256 g/mol. The molecule has 0 fully saturated rings. The topological polar surface area (TPSA) is 54.4 Å². The van der Waals surface area contributed by atoms with Gasteiger partial charge in [0.2, 0.25) is 0 Å². The summed E-state index contributed by atoms with van der Waals surface area (Å²) in [6.45, 7) is 6.92. The Kier molecular flexibility index (Phi) is 3.63. The van der Waals surface area contributed by atoms with Gasteiger partial charge in [-0.1, -0.05) is 31.8 Å². The van der Waals surface area contributed by atoms with Crippen LogP contribution in [0.15, 0.2) is 18.2 Å². The van der Waals surface area contributed by atoms with Gasteiger partial charge >= 0.3 is 5.97 Å². The lowest BCUT2D eigenvalue weighted by atomic mass is 10.0. The number of ketones is 1. The van der Waals surface area contributed by atoms with Crippen molar-refractivity contribution < 1.29 is 14.7 Å². The van der Waals surface area contributed by atoms with E-state index in [1.54, 1.807) is 12.1 Å². The molecule has 19 heavy (non-hydrogen) atoms. The van der Waals surface area contributed by atoms with Crippen molar-refractivity contribution in [2.24, 2.45) is 5.92 Å². The SMILES string of the molecule is C[Si](C)(C)CCC1Cc2ccc(C(=O)O)cc2C1=O. The maximum atomic E-state index is 12.3. The Labute approximate surface area is 114 Å². The van der Waals surface area contributed by atoms with Crippen LogP contribution >= 0.6 is 0 Å². The van der Waals surface area contributed by atoms with Gasteiger partial charge in [0, 0.05) is 19.6 Å². The highest BCUT2D eigenvalue weighted by molar-refractivity contribution is 6.76. The average molecular weight is 276 g/mol. The molecule has 1 atom stereocenters. The van der Waals surface area contributed by atoms with Crippen LogP contribution in [0.2, 0.25) is 25.7 Å². The predicted molar refractivity (Wildman–Crippen MR) is 77.7 cm³/mol. The molecule has 0 bridgehead atoms. The van der Waals surface area contributed by atoms with E-state index in [1.165, 1.54) is 6.07 Å². The Morgan fingerprint density at radius 1 is 1.37 bits per heavy atom. The van der Waals surface area contributed by atoms with Gasteiger partial charge in [-0.25, -0.2) is 4.79 Å². The molecular formula is C15H20O3Si. The first-order valence-corrected chi connectivity index (χ1v) is 10.4. The Bertz CT molecular complexity index is 529. The summed E-state index contributed by atoms with van der Waals surface area (Å²) in [6, 6.07) is 6.07. The first-order valence-electron chi connectivity index (χ1n) is 6.68.